The van der Waals surface area contributed by atoms with Crippen molar-refractivity contribution in [1.82, 2.24) is 15.2 Å². The van der Waals surface area contributed by atoms with E-state index >= 15 is 0 Å². The lowest BCUT2D eigenvalue weighted by Gasteiger charge is -2.36. The summed E-state index contributed by atoms with van der Waals surface area (Å²) in [6.45, 7) is 1.62. The molecule has 2 atom stereocenters. The van der Waals surface area contributed by atoms with Crippen LogP contribution in [0.1, 0.15) is 32.6 Å². The molecule has 1 aromatic heterocycles. The van der Waals surface area contributed by atoms with E-state index in [0.29, 0.717) is 32.9 Å². The molecule has 1 saturated carbocycles. The number of rotatable bonds is 4. The Hall–Kier alpha value is -2.16. The number of amides is 4. The smallest absolute Gasteiger partial charge is 0.323 e. The summed E-state index contributed by atoms with van der Waals surface area (Å²) in [6.07, 6.45) is 3.40. The van der Waals surface area contributed by atoms with Crippen LogP contribution in [0.25, 0.3) is 11.3 Å². The molecular weight excluding hydrogens is 447 g/mol. The van der Waals surface area contributed by atoms with Crippen molar-refractivity contribution in [2.75, 3.05) is 11.9 Å². The third kappa shape index (κ3) is 3.79. The number of thiazole rings is 1. The highest BCUT2D eigenvalue weighted by atomic mass is 35.5. The van der Waals surface area contributed by atoms with Gasteiger partial charge in [0, 0.05) is 16.0 Å². The summed E-state index contributed by atoms with van der Waals surface area (Å²) in [4.78, 5) is 43.3. The van der Waals surface area contributed by atoms with Crippen molar-refractivity contribution < 1.29 is 14.4 Å². The number of imide groups is 1. The van der Waals surface area contributed by atoms with Gasteiger partial charge in [0.2, 0.25) is 5.91 Å². The molecule has 2 aliphatic rings. The summed E-state index contributed by atoms with van der Waals surface area (Å²) < 4.78 is 0. The Balaban J connectivity index is 1.43. The monoisotopic (exact) mass is 466 g/mol. The first-order chi connectivity index (χ1) is 14.3. The van der Waals surface area contributed by atoms with Crippen LogP contribution >= 0.6 is 34.5 Å². The first-order valence-corrected chi connectivity index (χ1v) is 11.3. The van der Waals surface area contributed by atoms with Gasteiger partial charge >= 0.3 is 6.03 Å². The summed E-state index contributed by atoms with van der Waals surface area (Å²) in [7, 11) is 0. The molecule has 4 rings (SSSR count). The van der Waals surface area contributed by atoms with Crippen molar-refractivity contribution in [2.24, 2.45) is 5.92 Å². The van der Waals surface area contributed by atoms with Gasteiger partial charge in [-0.3, -0.25) is 14.5 Å². The maximum Gasteiger partial charge on any atom is 0.325 e. The third-order valence-corrected chi connectivity index (χ3v) is 7.07. The molecule has 1 aliphatic heterocycles. The van der Waals surface area contributed by atoms with E-state index in [2.05, 4.69) is 15.6 Å². The Morgan fingerprint density at radius 1 is 1.37 bits per heavy atom. The number of halogens is 2. The van der Waals surface area contributed by atoms with Gasteiger partial charge in [-0.25, -0.2) is 9.78 Å². The molecule has 0 radical (unpaired) electrons. The van der Waals surface area contributed by atoms with Gasteiger partial charge in [0.1, 0.15) is 12.1 Å². The van der Waals surface area contributed by atoms with Crippen molar-refractivity contribution in [2.45, 2.75) is 38.1 Å². The van der Waals surface area contributed by atoms with E-state index < -0.39 is 17.5 Å². The van der Waals surface area contributed by atoms with E-state index in [4.69, 9.17) is 23.2 Å². The maximum atomic E-state index is 13.0. The fourth-order valence-corrected chi connectivity index (χ4v) is 5.33. The molecular formula is C20H20Cl2N4O3S. The number of aromatic nitrogens is 1. The summed E-state index contributed by atoms with van der Waals surface area (Å²) in [5, 5.41) is 8.59. The molecule has 1 aliphatic carbocycles. The molecule has 2 fully saturated rings. The Kier molecular flexibility index (Phi) is 5.74. The Labute approximate surface area is 187 Å². The Bertz CT molecular complexity index is 1030. The van der Waals surface area contributed by atoms with Gasteiger partial charge in [0.05, 0.1) is 10.7 Å². The Morgan fingerprint density at radius 2 is 2.17 bits per heavy atom. The van der Waals surface area contributed by atoms with Crippen molar-refractivity contribution in [3.8, 4) is 11.3 Å². The maximum absolute atomic E-state index is 13.0. The van der Waals surface area contributed by atoms with Crippen LogP contribution in [0.15, 0.2) is 23.6 Å². The highest BCUT2D eigenvalue weighted by molar-refractivity contribution is 7.14. The molecule has 0 bridgehead atoms. The minimum Gasteiger partial charge on any atom is -0.323 e. The lowest BCUT2D eigenvalue weighted by Crippen LogP contribution is -2.54. The van der Waals surface area contributed by atoms with Gasteiger partial charge in [-0.15, -0.1) is 11.3 Å². The second kappa shape index (κ2) is 8.17. The zero-order valence-electron chi connectivity index (χ0n) is 16.2. The highest BCUT2D eigenvalue weighted by Crippen LogP contribution is 2.38. The number of carbonyl (C=O) groups excluding carboxylic acids is 3. The zero-order chi connectivity index (χ0) is 21.5. The molecule has 10 heteroatoms. The van der Waals surface area contributed by atoms with Crippen molar-refractivity contribution in [1.29, 1.82) is 0 Å². The molecule has 1 spiro atoms. The third-order valence-electron chi connectivity index (χ3n) is 5.76. The zero-order valence-corrected chi connectivity index (χ0v) is 18.5. The molecule has 158 valence electrons. The van der Waals surface area contributed by atoms with Crippen molar-refractivity contribution in [3.05, 3.63) is 33.6 Å². The highest BCUT2D eigenvalue weighted by Gasteiger charge is 2.55. The minimum atomic E-state index is -0.880. The lowest BCUT2D eigenvalue weighted by atomic mass is 9.73. The van der Waals surface area contributed by atoms with Gasteiger partial charge < -0.3 is 10.6 Å². The topological polar surface area (TPSA) is 91.4 Å². The quantitative estimate of drug-likeness (QED) is 0.646. The average molecular weight is 467 g/mol. The molecule has 1 aromatic carbocycles. The number of benzene rings is 1. The van der Waals surface area contributed by atoms with Crippen LogP contribution in [0.5, 0.6) is 0 Å². The molecule has 2 N–H and O–H groups in total. The van der Waals surface area contributed by atoms with E-state index in [1.54, 1.807) is 23.6 Å². The Morgan fingerprint density at radius 3 is 2.90 bits per heavy atom. The number of urea groups is 1. The molecule has 30 heavy (non-hydrogen) atoms. The molecule has 1 saturated heterocycles. The average Bonchev–Trinajstić information content (AvgIpc) is 3.23. The normalized spacial score (nSPS) is 23.7. The van der Waals surface area contributed by atoms with E-state index in [9.17, 15) is 14.4 Å². The number of nitrogens with zero attached hydrogens (tertiary/aromatic N) is 2. The molecule has 2 unspecified atom stereocenters. The lowest BCUT2D eigenvalue weighted by molar-refractivity contribution is -0.136. The number of nitrogens with one attached hydrogen (secondary N) is 2. The molecule has 7 nitrogen and oxygen atoms in total. The fraction of sp³-hybridized carbons (Fsp3) is 0.400. The molecule has 2 aromatic rings. The first kappa shape index (κ1) is 21.1. The van der Waals surface area contributed by atoms with E-state index in [0.717, 1.165) is 24.2 Å². The van der Waals surface area contributed by atoms with Crippen LogP contribution in [-0.4, -0.2) is 39.8 Å². The standard InChI is InChI=1S/C20H20Cl2N4O3S/c1-11-4-2-3-7-20(11)17(28)26(19(29)25-20)9-16(27)24-18-23-15(10-30-18)13-6-5-12(21)8-14(13)22/h5-6,8,10-11H,2-4,7,9H2,1H3,(H,25,29)(H,23,24,27). The predicted octanol–water partition coefficient (Wildman–Crippen LogP) is 4.56. The first-order valence-electron chi connectivity index (χ1n) is 9.65. The van der Waals surface area contributed by atoms with Crippen LogP contribution in [0.4, 0.5) is 9.93 Å². The fourth-order valence-electron chi connectivity index (χ4n) is 4.09. The van der Waals surface area contributed by atoms with Gasteiger partial charge in [0.15, 0.2) is 5.13 Å². The van der Waals surface area contributed by atoms with Crippen molar-refractivity contribution >= 4 is 57.5 Å². The van der Waals surface area contributed by atoms with Gasteiger partial charge in [-0.2, -0.15) is 0 Å². The van der Waals surface area contributed by atoms with Crippen LogP contribution in [0.3, 0.4) is 0 Å². The number of anilines is 1. The predicted molar refractivity (Wildman–Crippen MR) is 117 cm³/mol. The number of hydrogen-bond donors (Lipinski definition) is 2. The van der Waals surface area contributed by atoms with Crippen LogP contribution in [-0.2, 0) is 9.59 Å². The number of hydrogen-bond acceptors (Lipinski definition) is 5. The largest absolute Gasteiger partial charge is 0.325 e. The molecule has 4 amide bonds. The van der Waals surface area contributed by atoms with Crippen LogP contribution in [0.2, 0.25) is 10.0 Å². The van der Waals surface area contributed by atoms with Crippen LogP contribution in [0, 0.1) is 5.92 Å². The molecule has 2 heterocycles. The minimum absolute atomic E-state index is 0.0430. The summed E-state index contributed by atoms with van der Waals surface area (Å²) in [6, 6.07) is 4.57. The summed E-state index contributed by atoms with van der Waals surface area (Å²) in [5.41, 5.74) is 0.414. The SMILES string of the molecule is CC1CCCCC12NC(=O)N(CC(=O)Nc1nc(-c3ccc(Cl)cc3Cl)cs1)C2=O. The van der Waals surface area contributed by atoms with E-state index in [1.807, 2.05) is 6.92 Å². The van der Waals surface area contributed by atoms with E-state index in [1.165, 1.54) is 11.3 Å². The van der Waals surface area contributed by atoms with Gasteiger partial charge in [0.25, 0.3) is 5.91 Å². The van der Waals surface area contributed by atoms with Crippen molar-refractivity contribution in [3.63, 3.8) is 0 Å². The number of carbonyl (C=O) groups is 3. The van der Waals surface area contributed by atoms with Gasteiger partial charge in [-0.05, 0) is 37.0 Å². The van der Waals surface area contributed by atoms with Crippen LogP contribution < -0.4 is 10.6 Å². The van der Waals surface area contributed by atoms with Gasteiger partial charge in [-0.1, -0.05) is 43.0 Å². The summed E-state index contributed by atoms with van der Waals surface area (Å²) in [5.74, 6) is -0.758. The second-order valence-corrected chi connectivity index (χ2v) is 9.35. The second-order valence-electron chi connectivity index (χ2n) is 7.65. The summed E-state index contributed by atoms with van der Waals surface area (Å²) >= 11 is 13.4. The van der Waals surface area contributed by atoms with E-state index in [-0.39, 0.29) is 18.4 Å².